The molecule has 0 aliphatic carbocycles. The fourth-order valence-corrected chi connectivity index (χ4v) is 3.36. The number of methoxy groups -OCH3 is 1. The van der Waals surface area contributed by atoms with Crippen molar-refractivity contribution in [1.82, 2.24) is 10.2 Å². The molecule has 2 rings (SSSR count). The third kappa shape index (κ3) is 9.61. The molecule has 170 valence electrons. The number of ether oxygens (including phenoxy) is 2. The van der Waals surface area contributed by atoms with E-state index in [4.69, 9.17) is 9.47 Å². The van der Waals surface area contributed by atoms with Crippen molar-refractivity contribution in [1.29, 1.82) is 0 Å². The number of piperidine rings is 1. The number of nitrogens with one attached hydrogen (secondary N) is 2. The number of rotatable bonds is 10. The van der Waals surface area contributed by atoms with E-state index in [0.29, 0.717) is 19.1 Å². The Morgan fingerprint density at radius 1 is 1.20 bits per heavy atom. The molecule has 0 aromatic heterocycles. The molecule has 1 aromatic rings. The summed E-state index contributed by atoms with van der Waals surface area (Å²) in [5.74, 6) is 0.980. The summed E-state index contributed by atoms with van der Waals surface area (Å²) in [4.78, 5) is 18.4. The van der Waals surface area contributed by atoms with Gasteiger partial charge in [0.2, 0.25) is 5.91 Å². The highest BCUT2D eigenvalue weighted by molar-refractivity contribution is 14.0. The zero-order valence-electron chi connectivity index (χ0n) is 18.5. The van der Waals surface area contributed by atoms with Crippen LogP contribution in [0.2, 0.25) is 0 Å². The van der Waals surface area contributed by atoms with Crippen molar-refractivity contribution in [2.75, 3.05) is 45.8 Å². The molecule has 0 radical (unpaired) electrons. The van der Waals surface area contributed by atoms with Crippen LogP contribution in [0, 0.1) is 0 Å². The molecule has 1 aliphatic heterocycles. The van der Waals surface area contributed by atoms with Gasteiger partial charge in [-0.25, -0.2) is 0 Å². The van der Waals surface area contributed by atoms with Crippen molar-refractivity contribution < 1.29 is 14.3 Å². The van der Waals surface area contributed by atoms with E-state index in [1.807, 2.05) is 38.2 Å². The molecular formula is C22H37IN4O3. The molecule has 0 bridgehead atoms. The van der Waals surface area contributed by atoms with E-state index in [-0.39, 0.29) is 29.9 Å². The average molecular weight is 532 g/mol. The predicted octanol–water partition coefficient (Wildman–Crippen LogP) is 3.64. The smallest absolute Gasteiger partial charge is 0.224 e. The molecule has 0 saturated carbocycles. The van der Waals surface area contributed by atoms with Crippen LogP contribution in [0.25, 0.3) is 0 Å². The lowest BCUT2D eigenvalue weighted by atomic mass is 10.1. The summed E-state index contributed by atoms with van der Waals surface area (Å²) in [5.41, 5.74) is 1.99. The Morgan fingerprint density at radius 3 is 2.50 bits per heavy atom. The Bertz CT molecular complexity index is 632. The zero-order chi connectivity index (χ0) is 20.9. The van der Waals surface area contributed by atoms with E-state index < -0.39 is 0 Å². The zero-order valence-corrected chi connectivity index (χ0v) is 20.8. The van der Waals surface area contributed by atoms with Crippen LogP contribution in [0.5, 0.6) is 0 Å². The normalized spacial score (nSPS) is 14.9. The largest absolute Gasteiger partial charge is 0.385 e. The van der Waals surface area contributed by atoms with E-state index in [1.165, 1.54) is 0 Å². The van der Waals surface area contributed by atoms with Gasteiger partial charge < -0.3 is 25.0 Å². The molecule has 0 unspecified atom stereocenters. The number of anilines is 1. The summed E-state index contributed by atoms with van der Waals surface area (Å²) in [7, 11) is 3.54. The monoisotopic (exact) mass is 532 g/mol. The van der Waals surface area contributed by atoms with Gasteiger partial charge in [-0.3, -0.25) is 9.79 Å². The van der Waals surface area contributed by atoms with Crippen LogP contribution in [-0.2, 0) is 20.8 Å². The fraction of sp³-hybridized carbons (Fsp3) is 0.636. The lowest BCUT2D eigenvalue weighted by Gasteiger charge is -2.34. The lowest BCUT2D eigenvalue weighted by Crippen LogP contribution is -2.46. The summed E-state index contributed by atoms with van der Waals surface area (Å²) in [5, 5.41) is 6.36. The molecule has 0 spiro atoms. The number of hydrogen-bond donors (Lipinski definition) is 2. The van der Waals surface area contributed by atoms with Gasteiger partial charge in [-0.15, -0.1) is 24.0 Å². The Balaban J connectivity index is 0.00000450. The van der Waals surface area contributed by atoms with Crippen LogP contribution < -0.4 is 10.6 Å². The maximum absolute atomic E-state index is 11.7. The van der Waals surface area contributed by atoms with Gasteiger partial charge in [0.15, 0.2) is 5.96 Å². The number of benzene rings is 1. The van der Waals surface area contributed by atoms with Gasteiger partial charge in [0.25, 0.3) is 0 Å². The van der Waals surface area contributed by atoms with Gasteiger partial charge in [0.1, 0.15) is 0 Å². The number of aliphatic imine (C=N–C) groups is 1. The highest BCUT2D eigenvalue weighted by atomic mass is 127. The SMILES string of the molecule is CCCC(=O)Nc1ccc(CNC(=NC)N2CCC(OCCCOC)CC2)cc1.I. The first kappa shape index (κ1) is 26.6. The summed E-state index contributed by atoms with van der Waals surface area (Å²) in [6.45, 7) is 6.10. The third-order valence-corrected chi connectivity index (χ3v) is 4.97. The van der Waals surface area contributed by atoms with E-state index in [2.05, 4.69) is 20.5 Å². The molecule has 1 heterocycles. The Morgan fingerprint density at radius 2 is 1.90 bits per heavy atom. The van der Waals surface area contributed by atoms with Gasteiger partial charge in [-0.1, -0.05) is 19.1 Å². The molecule has 1 aliphatic rings. The van der Waals surface area contributed by atoms with Crippen molar-refractivity contribution in [3.05, 3.63) is 29.8 Å². The van der Waals surface area contributed by atoms with E-state index in [9.17, 15) is 4.79 Å². The molecule has 1 saturated heterocycles. The number of hydrogen-bond acceptors (Lipinski definition) is 4. The molecule has 2 N–H and O–H groups in total. The van der Waals surface area contributed by atoms with E-state index in [0.717, 1.165) is 69.2 Å². The van der Waals surface area contributed by atoms with Gasteiger partial charge in [-0.2, -0.15) is 0 Å². The Hall–Kier alpha value is -1.39. The van der Waals surface area contributed by atoms with Crippen molar-refractivity contribution in [3.8, 4) is 0 Å². The first-order valence-electron chi connectivity index (χ1n) is 10.6. The van der Waals surface area contributed by atoms with Crippen molar-refractivity contribution in [3.63, 3.8) is 0 Å². The Kier molecular flexibility index (Phi) is 13.7. The third-order valence-electron chi connectivity index (χ3n) is 4.97. The molecule has 1 aromatic carbocycles. The fourth-order valence-electron chi connectivity index (χ4n) is 3.36. The minimum absolute atomic E-state index is 0. The standard InChI is InChI=1S/C22H36N4O3.HI/c1-4-6-21(27)25-19-9-7-18(8-10-19)17-24-22(23-2)26-13-11-20(12-14-26)29-16-5-15-28-3;/h7-10,20H,4-6,11-17H2,1-3H3,(H,23,24)(H,25,27);1H. The number of halogens is 1. The highest BCUT2D eigenvalue weighted by Gasteiger charge is 2.21. The summed E-state index contributed by atoms with van der Waals surface area (Å²) in [6.07, 6.45) is 4.70. The minimum Gasteiger partial charge on any atom is -0.385 e. The lowest BCUT2D eigenvalue weighted by molar-refractivity contribution is -0.116. The van der Waals surface area contributed by atoms with Crippen LogP contribution in [0.4, 0.5) is 5.69 Å². The van der Waals surface area contributed by atoms with Crippen LogP contribution in [0.15, 0.2) is 29.3 Å². The molecule has 7 nitrogen and oxygen atoms in total. The number of amides is 1. The molecule has 1 amide bonds. The molecule has 30 heavy (non-hydrogen) atoms. The number of nitrogens with zero attached hydrogens (tertiary/aromatic N) is 2. The van der Waals surface area contributed by atoms with Gasteiger partial charge in [0.05, 0.1) is 6.10 Å². The second-order valence-electron chi connectivity index (χ2n) is 7.30. The summed E-state index contributed by atoms with van der Waals surface area (Å²) in [6, 6.07) is 7.95. The maximum Gasteiger partial charge on any atom is 0.224 e. The topological polar surface area (TPSA) is 75.2 Å². The number of guanidine groups is 1. The molecule has 1 fully saturated rings. The summed E-state index contributed by atoms with van der Waals surface area (Å²) >= 11 is 0. The quantitative estimate of drug-likeness (QED) is 0.208. The van der Waals surface area contributed by atoms with Crippen LogP contribution in [0.3, 0.4) is 0 Å². The van der Waals surface area contributed by atoms with Crippen molar-refractivity contribution in [2.45, 2.75) is 51.7 Å². The van der Waals surface area contributed by atoms with Gasteiger partial charge in [0, 0.05) is 59.1 Å². The van der Waals surface area contributed by atoms with Crippen molar-refractivity contribution in [2.24, 2.45) is 4.99 Å². The minimum atomic E-state index is 0. The van der Waals surface area contributed by atoms with Crippen LogP contribution >= 0.6 is 24.0 Å². The number of likely N-dealkylation sites (tertiary alicyclic amines) is 1. The molecule has 0 atom stereocenters. The number of carbonyl (C=O) groups is 1. The van der Waals surface area contributed by atoms with Crippen LogP contribution in [-0.4, -0.2) is 63.3 Å². The van der Waals surface area contributed by atoms with Crippen LogP contribution in [0.1, 0.15) is 44.6 Å². The number of carbonyl (C=O) groups excluding carboxylic acids is 1. The average Bonchev–Trinajstić information content (AvgIpc) is 2.74. The molecular weight excluding hydrogens is 495 g/mol. The second-order valence-corrected chi connectivity index (χ2v) is 7.30. The van der Waals surface area contributed by atoms with E-state index >= 15 is 0 Å². The van der Waals surface area contributed by atoms with Gasteiger partial charge >= 0.3 is 0 Å². The van der Waals surface area contributed by atoms with Crippen molar-refractivity contribution >= 4 is 41.5 Å². The maximum atomic E-state index is 11.7. The predicted molar refractivity (Wildman–Crippen MR) is 133 cm³/mol. The highest BCUT2D eigenvalue weighted by Crippen LogP contribution is 2.15. The second kappa shape index (κ2) is 15.4. The first-order valence-corrected chi connectivity index (χ1v) is 10.6. The van der Waals surface area contributed by atoms with E-state index in [1.54, 1.807) is 7.11 Å². The Labute approximate surface area is 198 Å². The van der Waals surface area contributed by atoms with Gasteiger partial charge in [-0.05, 0) is 43.4 Å². The molecule has 8 heteroatoms. The first-order chi connectivity index (χ1) is 14.2. The summed E-state index contributed by atoms with van der Waals surface area (Å²) < 4.78 is 11.0.